The van der Waals surface area contributed by atoms with E-state index in [9.17, 15) is 0 Å². The Morgan fingerprint density at radius 1 is 1.62 bits per heavy atom. The minimum absolute atomic E-state index is 0.333. The van der Waals surface area contributed by atoms with Crippen LogP contribution in [0.25, 0.3) is 0 Å². The summed E-state index contributed by atoms with van der Waals surface area (Å²) in [5.41, 5.74) is 6.45. The van der Waals surface area contributed by atoms with Crippen molar-refractivity contribution in [2.75, 3.05) is 17.2 Å². The number of pyridine rings is 1. The second kappa shape index (κ2) is 4.40. The number of aromatic nitrogens is 1. The molecule has 1 aromatic heterocycles. The Labute approximate surface area is 95.7 Å². The Hall–Kier alpha value is -1.76. The van der Waals surface area contributed by atoms with Crippen molar-refractivity contribution in [2.24, 2.45) is 0 Å². The molecule has 1 fully saturated rings. The van der Waals surface area contributed by atoms with Crippen LogP contribution in [0.4, 0.5) is 11.5 Å². The fourth-order valence-electron chi connectivity index (χ4n) is 2.27. The van der Waals surface area contributed by atoms with Gasteiger partial charge in [0.2, 0.25) is 0 Å². The van der Waals surface area contributed by atoms with Gasteiger partial charge in [0.15, 0.2) is 5.69 Å². The molecule has 1 unspecified atom stereocenters. The van der Waals surface area contributed by atoms with E-state index < -0.39 is 0 Å². The second-order valence-electron chi connectivity index (χ2n) is 4.12. The molecule has 84 valence electrons. The summed E-state index contributed by atoms with van der Waals surface area (Å²) in [6.45, 7) is 3.21. The number of nitrogen functional groups attached to an aromatic ring is 1. The lowest BCUT2D eigenvalue weighted by Crippen LogP contribution is -2.29. The fraction of sp³-hybridized carbons (Fsp3) is 0.500. The molecule has 0 amide bonds. The van der Waals surface area contributed by atoms with E-state index in [0.717, 1.165) is 18.8 Å². The third-order valence-corrected chi connectivity index (χ3v) is 3.16. The molecule has 0 bridgehead atoms. The topological polar surface area (TPSA) is 65.9 Å². The maximum Gasteiger partial charge on any atom is 0.165 e. The minimum Gasteiger partial charge on any atom is -0.396 e. The van der Waals surface area contributed by atoms with Crippen molar-refractivity contribution >= 4 is 11.5 Å². The quantitative estimate of drug-likeness (QED) is 0.820. The fourth-order valence-corrected chi connectivity index (χ4v) is 2.27. The van der Waals surface area contributed by atoms with E-state index in [4.69, 9.17) is 11.0 Å². The second-order valence-corrected chi connectivity index (χ2v) is 4.12. The average molecular weight is 216 g/mol. The van der Waals surface area contributed by atoms with Crippen LogP contribution in [0, 0.1) is 11.3 Å². The molecule has 1 aliphatic rings. The van der Waals surface area contributed by atoms with Gasteiger partial charge in [-0.25, -0.2) is 4.98 Å². The van der Waals surface area contributed by atoms with E-state index in [0.29, 0.717) is 17.4 Å². The molecular weight excluding hydrogens is 200 g/mol. The van der Waals surface area contributed by atoms with Gasteiger partial charge in [-0.15, -0.1) is 0 Å². The van der Waals surface area contributed by atoms with Crippen LogP contribution in [0.5, 0.6) is 0 Å². The molecule has 0 aliphatic carbocycles. The van der Waals surface area contributed by atoms with E-state index >= 15 is 0 Å². The first-order valence-electron chi connectivity index (χ1n) is 5.69. The monoisotopic (exact) mass is 216 g/mol. The first kappa shape index (κ1) is 10.7. The number of anilines is 2. The van der Waals surface area contributed by atoms with Gasteiger partial charge in [0.25, 0.3) is 0 Å². The van der Waals surface area contributed by atoms with Gasteiger partial charge < -0.3 is 10.6 Å². The number of hydrogen-bond acceptors (Lipinski definition) is 4. The molecule has 1 aliphatic heterocycles. The highest BCUT2D eigenvalue weighted by Gasteiger charge is 2.24. The van der Waals surface area contributed by atoms with Crippen LogP contribution in [-0.4, -0.2) is 17.6 Å². The molecule has 2 heterocycles. The lowest BCUT2D eigenvalue weighted by atomic mass is 10.2. The normalized spacial score (nSPS) is 19.8. The van der Waals surface area contributed by atoms with Gasteiger partial charge in [-0.2, -0.15) is 5.26 Å². The van der Waals surface area contributed by atoms with Crippen molar-refractivity contribution in [1.82, 2.24) is 4.98 Å². The molecular formula is C12H16N4. The molecule has 0 aromatic carbocycles. The van der Waals surface area contributed by atoms with Gasteiger partial charge in [-0.05, 0) is 31.4 Å². The highest BCUT2D eigenvalue weighted by Crippen LogP contribution is 2.26. The Morgan fingerprint density at radius 2 is 2.44 bits per heavy atom. The Bertz CT molecular complexity index is 422. The summed E-state index contributed by atoms with van der Waals surface area (Å²) in [7, 11) is 0. The van der Waals surface area contributed by atoms with Crippen LogP contribution < -0.4 is 10.6 Å². The van der Waals surface area contributed by atoms with Crippen molar-refractivity contribution in [3.63, 3.8) is 0 Å². The third-order valence-electron chi connectivity index (χ3n) is 3.16. The molecule has 4 heteroatoms. The van der Waals surface area contributed by atoms with E-state index in [2.05, 4.69) is 16.8 Å². The molecule has 0 spiro atoms. The summed E-state index contributed by atoms with van der Waals surface area (Å²) >= 11 is 0. The van der Waals surface area contributed by atoms with Gasteiger partial charge in [-0.1, -0.05) is 6.92 Å². The van der Waals surface area contributed by atoms with Crippen LogP contribution in [-0.2, 0) is 0 Å². The molecule has 1 saturated heterocycles. The van der Waals surface area contributed by atoms with Crippen molar-refractivity contribution in [3.8, 4) is 6.07 Å². The molecule has 0 saturated carbocycles. The van der Waals surface area contributed by atoms with E-state index in [1.807, 2.05) is 12.1 Å². The van der Waals surface area contributed by atoms with Gasteiger partial charge >= 0.3 is 0 Å². The van der Waals surface area contributed by atoms with Crippen LogP contribution in [0.3, 0.4) is 0 Å². The van der Waals surface area contributed by atoms with Crippen molar-refractivity contribution in [3.05, 3.63) is 17.8 Å². The summed E-state index contributed by atoms with van der Waals surface area (Å²) in [5.74, 6) is 0.884. The Morgan fingerprint density at radius 3 is 3.12 bits per heavy atom. The van der Waals surface area contributed by atoms with Gasteiger partial charge in [-0.3, -0.25) is 0 Å². The van der Waals surface area contributed by atoms with Crippen LogP contribution in [0.1, 0.15) is 31.9 Å². The number of nitriles is 1. The molecule has 1 atom stereocenters. The first-order chi connectivity index (χ1) is 7.76. The molecule has 0 radical (unpaired) electrons. The third kappa shape index (κ3) is 1.81. The highest BCUT2D eigenvalue weighted by molar-refractivity contribution is 5.56. The SMILES string of the molecule is CCC1CCCN1c1ccc(N)c(C#N)n1. The number of rotatable bonds is 2. The number of nitrogens with zero attached hydrogens (tertiary/aromatic N) is 3. The smallest absolute Gasteiger partial charge is 0.165 e. The summed E-state index contributed by atoms with van der Waals surface area (Å²) in [4.78, 5) is 6.59. The van der Waals surface area contributed by atoms with Crippen LogP contribution in [0.15, 0.2) is 12.1 Å². The van der Waals surface area contributed by atoms with Crippen LogP contribution in [0.2, 0.25) is 0 Å². The summed E-state index contributed by atoms with van der Waals surface area (Å²) < 4.78 is 0. The number of nitrogens with two attached hydrogens (primary N) is 1. The highest BCUT2D eigenvalue weighted by atomic mass is 15.2. The minimum atomic E-state index is 0.333. The summed E-state index contributed by atoms with van der Waals surface area (Å²) in [6, 6.07) is 6.26. The average Bonchev–Trinajstić information content (AvgIpc) is 2.78. The zero-order chi connectivity index (χ0) is 11.5. The molecule has 16 heavy (non-hydrogen) atoms. The van der Waals surface area contributed by atoms with Crippen molar-refractivity contribution in [2.45, 2.75) is 32.2 Å². The lowest BCUT2D eigenvalue weighted by molar-refractivity contribution is 0.640. The van der Waals surface area contributed by atoms with Crippen molar-refractivity contribution in [1.29, 1.82) is 5.26 Å². The zero-order valence-corrected chi connectivity index (χ0v) is 9.48. The van der Waals surface area contributed by atoms with Gasteiger partial charge in [0.05, 0.1) is 5.69 Å². The zero-order valence-electron chi connectivity index (χ0n) is 9.48. The maximum atomic E-state index is 8.90. The molecule has 2 rings (SSSR count). The largest absolute Gasteiger partial charge is 0.396 e. The van der Waals surface area contributed by atoms with E-state index in [1.54, 1.807) is 6.07 Å². The Balaban J connectivity index is 2.30. The number of hydrogen-bond donors (Lipinski definition) is 1. The predicted octanol–water partition coefficient (Wildman–Crippen LogP) is 1.91. The van der Waals surface area contributed by atoms with Gasteiger partial charge in [0.1, 0.15) is 11.9 Å². The van der Waals surface area contributed by atoms with E-state index in [1.165, 1.54) is 12.8 Å². The predicted molar refractivity (Wildman–Crippen MR) is 64.0 cm³/mol. The molecule has 2 N–H and O–H groups in total. The Kier molecular flexibility index (Phi) is 2.95. The lowest BCUT2D eigenvalue weighted by Gasteiger charge is -2.24. The molecule has 4 nitrogen and oxygen atoms in total. The van der Waals surface area contributed by atoms with Crippen molar-refractivity contribution < 1.29 is 0 Å². The van der Waals surface area contributed by atoms with Gasteiger partial charge in [0, 0.05) is 12.6 Å². The summed E-state index contributed by atoms with van der Waals surface area (Å²) in [6.07, 6.45) is 3.53. The maximum absolute atomic E-state index is 8.90. The first-order valence-corrected chi connectivity index (χ1v) is 5.69. The van der Waals surface area contributed by atoms with E-state index in [-0.39, 0.29) is 0 Å². The summed E-state index contributed by atoms with van der Waals surface area (Å²) in [5, 5.41) is 8.90. The standard InChI is InChI=1S/C12H16N4/c1-2-9-4-3-7-16(9)12-6-5-10(14)11(8-13)15-12/h5-6,9H,2-4,7,14H2,1H3. The molecule has 1 aromatic rings. The van der Waals surface area contributed by atoms with Crippen LogP contribution >= 0.6 is 0 Å².